The summed E-state index contributed by atoms with van der Waals surface area (Å²) >= 11 is 0. The van der Waals surface area contributed by atoms with Crippen LogP contribution in [-0.4, -0.2) is 16.8 Å². The first-order valence-corrected chi connectivity index (χ1v) is 8.50. The Morgan fingerprint density at radius 3 is 2.59 bits per heavy atom. The summed E-state index contributed by atoms with van der Waals surface area (Å²) in [5, 5.41) is 0.911. The Morgan fingerprint density at radius 2 is 1.86 bits per heavy atom. The van der Waals surface area contributed by atoms with E-state index in [1.165, 1.54) is 30.3 Å². The van der Waals surface area contributed by atoms with Gasteiger partial charge in [0.15, 0.2) is 0 Å². The molecule has 1 aromatic heterocycles. The molecule has 1 radical (unpaired) electrons. The highest BCUT2D eigenvalue weighted by molar-refractivity contribution is 6.17. The number of nitrogens with zero attached hydrogens (tertiary/aromatic N) is 1. The van der Waals surface area contributed by atoms with E-state index in [2.05, 4.69) is 10.8 Å². The van der Waals surface area contributed by atoms with Crippen LogP contribution < -0.4 is 10.5 Å². The quantitative estimate of drug-likeness (QED) is 0.501. The van der Waals surface area contributed by atoms with Crippen LogP contribution in [0.1, 0.15) is 15.9 Å². The minimum atomic E-state index is -4.85. The first-order chi connectivity index (χ1) is 13.7. The van der Waals surface area contributed by atoms with Gasteiger partial charge in [-0.25, -0.2) is 4.39 Å². The number of hydrogen-bond donors (Lipinski definition) is 1. The highest BCUT2D eigenvalue weighted by Gasteiger charge is 2.32. The maximum Gasteiger partial charge on any atom is 0.573 e. The summed E-state index contributed by atoms with van der Waals surface area (Å²) in [7, 11) is 0. The molecule has 1 amide bonds. The van der Waals surface area contributed by atoms with Gasteiger partial charge < -0.3 is 15.0 Å². The second kappa shape index (κ2) is 6.80. The Labute approximate surface area is 162 Å². The zero-order valence-corrected chi connectivity index (χ0v) is 14.8. The fraction of sp³-hybridized carbons (Fsp3) is 0.0952. The summed E-state index contributed by atoms with van der Waals surface area (Å²) in [5.74, 6) is -1.60. The molecule has 0 saturated carbocycles. The lowest BCUT2D eigenvalue weighted by Crippen LogP contribution is -2.18. The van der Waals surface area contributed by atoms with E-state index in [9.17, 15) is 22.4 Å². The maximum atomic E-state index is 13.9. The van der Waals surface area contributed by atoms with Crippen LogP contribution in [0.3, 0.4) is 0 Å². The van der Waals surface area contributed by atoms with Crippen molar-refractivity contribution >= 4 is 27.7 Å². The molecule has 29 heavy (non-hydrogen) atoms. The minimum Gasteiger partial charge on any atom is -0.405 e. The lowest BCUT2D eigenvalue weighted by molar-refractivity contribution is -0.274. The van der Waals surface area contributed by atoms with Gasteiger partial charge >= 0.3 is 6.36 Å². The number of primary amides is 1. The predicted octanol–water partition coefficient (Wildman–Crippen LogP) is 4.78. The Balaban J connectivity index is 1.96. The molecule has 4 rings (SSSR count). The third kappa shape index (κ3) is 3.49. The van der Waals surface area contributed by atoms with Crippen LogP contribution >= 0.6 is 0 Å². The number of hydrogen-bond acceptors (Lipinski definition) is 2. The van der Waals surface area contributed by atoms with E-state index in [-0.39, 0.29) is 23.4 Å². The fourth-order valence-corrected chi connectivity index (χ4v) is 3.43. The molecule has 147 valence electrons. The van der Waals surface area contributed by atoms with E-state index < -0.39 is 18.1 Å². The number of para-hydroxylation sites is 1. The van der Waals surface area contributed by atoms with Gasteiger partial charge in [0, 0.05) is 21.9 Å². The number of fused-ring (bicyclic) bond motifs is 3. The van der Waals surface area contributed by atoms with Crippen LogP contribution in [0.2, 0.25) is 0 Å². The monoisotopic (exact) mass is 401 g/mol. The van der Waals surface area contributed by atoms with E-state index in [1.807, 2.05) is 0 Å². The molecule has 0 spiro atoms. The molecule has 0 bridgehead atoms. The summed E-state index contributed by atoms with van der Waals surface area (Å²) in [6, 6.07) is 15.7. The molecule has 1 heterocycles. The van der Waals surface area contributed by atoms with Crippen LogP contribution in [0.5, 0.6) is 5.75 Å². The van der Waals surface area contributed by atoms with Gasteiger partial charge in [0.25, 0.3) is 0 Å². The smallest absolute Gasteiger partial charge is 0.405 e. The number of amides is 1. The van der Waals surface area contributed by atoms with Gasteiger partial charge in [-0.15, -0.1) is 13.2 Å². The maximum absolute atomic E-state index is 13.9. The lowest BCUT2D eigenvalue weighted by Gasteiger charge is -2.15. The van der Waals surface area contributed by atoms with Crippen LogP contribution in [0.15, 0.2) is 54.6 Å². The number of alkyl halides is 3. The normalized spacial score (nSPS) is 11.9. The van der Waals surface area contributed by atoms with E-state index in [1.54, 1.807) is 22.8 Å². The van der Waals surface area contributed by atoms with E-state index in [0.717, 1.165) is 6.07 Å². The molecule has 0 aliphatic carbocycles. The fourth-order valence-electron chi connectivity index (χ4n) is 3.43. The van der Waals surface area contributed by atoms with E-state index >= 15 is 0 Å². The third-order valence-electron chi connectivity index (χ3n) is 4.55. The van der Waals surface area contributed by atoms with Crippen molar-refractivity contribution in [2.45, 2.75) is 12.9 Å². The van der Waals surface area contributed by atoms with Crippen molar-refractivity contribution in [3.8, 4) is 5.75 Å². The second-order valence-electron chi connectivity index (χ2n) is 6.38. The number of rotatable bonds is 4. The molecule has 0 aliphatic heterocycles. The third-order valence-corrected chi connectivity index (χ3v) is 4.55. The first kappa shape index (κ1) is 18.8. The van der Waals surface area contributed by atoms with Gasteiger partial charge in [0.05, 0.1) is 17.6 Å². The van der Waals surface area contributed by atoms with Gasteiger partial charge in [0.2, 0.25) is 5.91 Å². The van der Waals surface area contributed by atoms with Crippen molar-refractivity contribution in [2.24, 2.45) is 5.73 Å². The van der Waals surface area contributed by atoms with Gasteiger partial charge in [-0.05, 0) is 36.4 Å². The summed E-state index contributed by atoms with van der Waals surface area (Å²) in [6.45, 7) is -0.0498. The highest BCUT2D eigenvalue weighted by atomic mass is 19.4. The Morgan fingerprint density at radius 1 is 1.10 bits per heavy atom. The molecule has 0 saturated heterocycles. The van der Waals surface area contributed by atoms with Crippen LogP contribution in [0.4, 0.5) is 17.6 Å². The molecular formula is C21H13F4N2O2. The average Bonchev–Trinajstić information content (AvgIpc) is 2.95. The molecule has 2 N–H and O–H groups in total. The number of carbonyl (C=O) groups excluding carboxylic acids is 1. The Bertz CT molecular complexity index is 1240. The van der Waals surface area contributed by atoms with Crippen LogP contribution in [0, 0.1) is 11.9 Å². The largest absolute Gasteiger partial charge is 0.573 e. The average molecular weight is 401 g/mol. The summed E-state index contributed by atoms with van der Waals surface area (Å²) in [5.41, 5.74) is 6.81. The topological polar surface area (TPSA) is 57.2 Å². The van der Waals surface area contributed by atoms with Crippen LogP contribution in [-0.2, 0) is 6.54 Å². The minimum absolute atomic E-state index is 0.0498. The molecule has 4 aromatic rings. The van der Waals surface area contributed by atoms with Crippen LogP contribution in [0.25, 0.3) is 21.8 Å². The summed E-state index contributed by atoms with van der Waals surface area (Å²) in [6.07, 6.45) is -4.85. The summed E-state index contributed by atoms with van der Waals surface area (Å²) in [4.78, 5) is 11.9. The van der Waals surface area contributed by atoms with Crippen molar-refractivity contribution in [1.82, 2.24) is 4.57 Å². The van der Waals surface area contributed by atoms with Gasteiger partial charge in [0.1, 0.15) is 11.6 Å². The van der Waals surface area contributed by atoms with Crippen molar-refractivity contribution in [3.63, 3.8) is 0 Å². The van der Waals surface area contributed by atoms with E-state index in [0.29, 0.717) is 21.8 Å². The SMILES string of the molecule is NC(=O)c1cccc2c1c1[c]cc(F)cc1n2Cc1ccccc1OC(F)(F)F. The van der Waals surface area contributed by atoms with Crippen molar-refractivity contribution in [1.29, 1.82) is 0 Å². The molecule has 3 aromatic carbocycles. The number of carbonyl (C=O) groups is 1. The van der Waals surface area contributed by atoms with Gasteiger partial charge in [-0.2, -0.15) is 0 Å². The Kier molecular flexibility index (Phi) is 4.41. The zero-order valence-electron chi connectivity index (χ0n) is 14.8. The summed E-state index contributed by atoms with van der Waals surface area (Å²) < 4.78 is 58.0. The van der Waals surface area contributed by atoms with Gasteiger partial charge in [-0.1, -0.05) is 24.3 Å². The second-order valence-corrected chi connectivity index (χ2v) is 6.38. The molecule has 0 fully saturated rings. The number of benzene rings is 3. The molecule has 0 atom stereocenters. The molecule has 0 aliphatic rings. The molecular weight excluding hydrogens is 388 g/mol. The standard InChI is InChI=1S/C21H13F4N2O2/c22-13-8-9-14-17(10-13)27(16-6-3-5-15(19(14)16)20(26)28)11-12-4-1-2-7-18(12)29-21(23,24)25/h1-8,10H,11H2,(H2,26,28). The van der Waals surface area contributed by atoms with E-state index in [4.69, 9.17) is 5.73 Å². The number of ether oxygens (including phenoxy) is 1. The Hall–Kier alpha value is -3.55. The van der Waals surface area contributed by atoms with Crippen molar-refractivity contribution < 1.29 is 27.1 Å². The highest BCUT2D eigenvalue weighted by Crippen LogP contribution is 2.34. The van der Waals surface area contributed by atoms with Crippen molar-refractivity contribution in [2.75, 3.05) is 0 Å². The number of nitrogens with two attached hydrogens (primary N) is 1. The molecule has 4 nitrogen and oxygen atoms in total. The predicted molar refractivity (Wildman–Crippen MR) is 99.0 cm³/mol. The number of halogens is 4. The zero-order chi connectivity index (χ0) is 20.8. The first-order valence-electron chi connectivity index (χ1n) is 8.50. The molecule has 8 heteroatoms. The van der Waals surface area contributed by atoms with Gasteiger partial charge in [-0.3, -0.25) is 4.79 Å². The molecule has 0 unspecified atom stereocenters. The van der Waals surface area contributed by atoms with Crippen molar-refractivity contribution in [3.05, 3.63) is 77.6 Å². The number of aromatic nitrogens is 1. The lowest BCUT2D eigenvalue weighted by atomic mass is 10.1.